The fourth-order valence-electron chi connectivity index (χ4n) is 0.236. The van der Waals surface area contributed by atoms with Gasteiger partial charge in [0.15, 0.2) is 0 Å². The third-order valence-electron chi connectivity index (χ3n) is 0.646. The molecule has 0 saturated carbocycles. The number of aliphatic hydroxyl groups is 2. The van der Waals surface area contributed by atoms with Crippen LogP contribution < -0.4 is 0 Å². The predicted molar refractivity (Wildman–Crippen MR) is 36.8 cm³/mol. The van der Waals surface area contributed by atoms with Crippen molar-refractivity contribution < 1.29 is 29.1 Å². The van der Waals surface area contributed by atoms with Crippen molar-refractivity contribution in [3.63, 3.8) is 0 Å². The standard InChI is InChI=1S/C3H9O6P.Ca/c4-1-3(5)2-9-10(6,7)8;/h3-5H,1-2H2,(H2,6,7,8);/q;+2. The molecule has 0 radical (unpaired) electrons. The van der Waals surface area contributed by atoms with Gasteiger partial charge >= 0.3 is 45.6 Å². The molecule has 0 aliphatic heterocycles. The Labute approximate surface area is 93.4 Å². The van der Waals surface area contributed by atoms with E-state index in [1.54, 1.807) is 0 Å². The SMILES string of the molecule is O=P(O)(O)OCC(O)CO.[Ca+2]. The third kappa shape index (κ3) is 11.3. The van der Waals surface area contributed by atoms with Gasteiger partial charge in [0.2, 0.25) is 0 Å². The molecule has 0 aliphatic rings. The van der Waals surface area contributed by atoms with Gasteiger partial charge in [-0.25, -0.2) is 4.57 Å². The van der Waals surface area contributed by atoms with Gasteiger partial charge in [-0.05, 0) is 0 Å². The van der Waals surface area contributed by atoms with E-state index in [9.17, 15) is 4.57 Å². The summed E-state index contributed by atoms with van der Waals surface area (Å²) in [5.74, 6) is 0. The van der Waals surface area contributed by atoms with Gasteiger partial charge in [0, 0.05) is 0 Å². The summed E-state index contributed by atoms with van der Waals surface area (Å²) in [4.78, 5) is 16.1. The van der Waals surface area contributed by atoms with Crippen molar-refractivity contribution in [3.8, 4) is 0 Å². The number of rotatable bonds is 4. The molecule has 0 aromatic carbocycles. The molecule has 0 amide bonds. The Hall–Kier alpha value is 1.29. The van der Waals surface area contributed by atoms with Crippen LogP contribution in [0.5, 0.6) is 0 Å². The van der Waals surface area contributed by atoms with Crippen molar-refractivity contribution >= 4 is 45.6 Å². The quantitative estimate of drug-likeness (QED) is 0.319. The average molecular weight is 212 g/mol. The van der Waals surface area contributed by atoms with Crippen LogP contribution in [-0.2, 0) is 9.09 Å². The van der Waals surface area contributed by atoms with E-state index in [0.717, 1.165) is 0 Å². The van der Waals surface area contributed by atoms with Crippen LogP contribution in [0.4, 0.5) is 0 Å². The minimum atomic E-state index is -4.50. The molecule has 62 valence electrons. The topological polar surface area (TPSA) is 107 Å². The first kappa shape index (κ1) is 14.8. The molecule has 0 saturated heterocycles. The predicted octanol–water partition coefficient (Wildman–Crippen LogP) is -1.93. The van der Waals surface area contributed by atoms with E-state index in [0.29, 0.717) is 0 Å². The molecule has 4 N–H and O–H groups in total. The molecule has 0 aromatic rings. The van der Waals surface area contributed by atoms with Gasteiger partial charge in [-0.1, -0.05) is 0 Å². The maximum absolute atomic E-state index is 9.93. The van der Waals surface area contributed by atoms with E-state index in [-0.39, 0.29) is 37.7 Å². The zero-order valence-corrected chi connectivity index (χ0v) is 8.85. The largest absolute Gasteiger partial charge is 2.00 e. The molecule has 0 spiro atoms. The van der Waals surface area contributed by atoms with Crippen LogP contribution in [-0.4, -0.2) is 77.1 Å². The second-order valence-corrected chi connectivity index (χ2v) is 2.86. The first-order valence-corrected chi connectivity index (χ1v) is 3.98. The van der Waals surface area contributed by atoms with E-state index in [4.69, 9.17) is 20.0 Å². The summed E-state index contributed by atoms with van der Waals surface area (Å²) in [5, 5.41) is 16.7. The van der Waals surface area contributed by atoms with Gasteiger partial charge in [0.1, 0.15) is 6.10 Å². The fraction of sp³-hybridized carbons (Fsp3) is 1.00. The third-order valence-corrected chi connectivity index (χ3v) is 1.13. The van der Waals surface area contributed by atoms with Gasteiger partial charge in [0.05, 0.1) is 13.2 Å². The monoisotopic (exact) mass is 212 g/mol. The Kier molecular flexibility index (Phi) is 9.10. The minimum absolute atomic E-state index is 0. The summed E-state index contributed by atoms with van der Waals surface area (Å²) in [6.07, 6.45) is -1.24. The van der Waals surface area contributed by atoms with Crippen LogP contribution in [0.2, 0.25) is 0 Å². The summed E-state index contributed by atoms with van der Waals surface area (Å²) < 4.78 is 13.8. The summed E-state index contributed by atoms with van der Waals surface area (Å²) in [6.45, 7) is -1.15. The number of hydrogen-bond donors (Lipinski definition) is 4. The number of phosphoric ester groups is 1. The summed E-state index contributed by atoms with van der Waals surface area (Å²) in [5.41, 5.74) is 0. The smallest absolute Gasteiger partial charge is 0.394 e. The summed E-state index contributed by atoms with van der Waals surface area (Å²) in [7, 11) is -4.50. The molecular formula is C3H9CaO6P+2. The van der Waals surface area contributed by atoms with Gasteiger partial charge in [-0.3, -0.25) is 4.52 Å². The van der Waals surface area contributed by atoms with Gasteiger partial charge in [0.25, 0.3) is 0 Å². The molecule has 0 aromatic heterocycles. The van der Waals surface area contributed by atoms with Crippen LogP contribution in [0.25, 0.3) is 0 Å². The molecule has 0 heterocycles. The normalized spacial score (nSPS) is 13.8. The Balaban J connectivity index is 0. The molecule has 1 atom stereocenters. The summed E-state index contributed by atoms with van der Waals surface area (Å²) >= 11 is 0. The number of phosphoric acid groups is 1. The van der Waals surface area contributed by atoms with Gasteiger partial charge < -0.3 is 20.0 Å². The van der Waals surface area contributed by atoms with E-state index < -0.39 is 27.1 Å². The van der Waals surface area contributed by atoms with E-state index >= 15 is 0 Å². The Morgan fingerprint density at radius 1 is 1.45 bits per heavy atom. The maximum Gasteiger partial charge on any atom is 2.00 e. The molecule has 11 heavy (non-hydrogen) atoms. The average Bonchev–Trinajstić information content (AvgIpc) is 1.81. The summed E-state index contributed by atoms with van der Waals surface area (Å²) in [6, 6.07) is 0. The zero-order chi connectivity index (χ0) is 8.20. The number of aliphatic hydroxyl groups excluding tert-OH is 2. The van der Waals surface area contributed by atoms with Crippen LogP contribution in [0.1, 0.15) is 0 Å². The van der Waals surface area contributed by atoms with Crippen molar-refractivity contribution in [2.24, 2.45) is 0 Å². The Bertz CT molecular complexity index is 134. The molecule has 0 fully saturated rings. The molecular weight excluding hydrogens is 203 g/mol. The fourth-order valence-corrected chi connectivity index (χ4v) is 0.602. The molecule has 0 rings (SSSR count). The van der Waals surface area contributed by atoms with Crippen LogP contribution >= 0.6 is 7.82 Å². The van der Waals surface area contributed by atoms with Crippen molar-refractivity contribution in [2.45, 2.75) is 6.10 Å². The van der Waals surface area contributed by atoms with Crippen LogP contribution in [0.3, 0.4) is 0 Å². The number of hydrogen-bond acceptors (Lipinski definition) is 4. The Morgan fingerprint density at radius 3 is 2.18 bits per heavy atom. The van der Waals surface area contributed by atoms with Crippen LogP contribution in [0, 0.1) is 0 Å². The van der Waals surface area contributed by atoms with Crippen molar-refractivity contribution in [1.29, 1.82) is 0 Å². The molecule has 6 nitrogen and oxygen atoms in total. The first-order valence-electron chi connectivity index (χ1n) is 2.44. The van der Waals surface area contributed by atoms with Gasteiger partial charge in [-0.15, -0.1) is 0 Å². The van der Waals surface area contributed by atoms with Crippen molar-refractivity contribution in [1.82, 2.24) is 0 Å². The van der Waals surface area contributed by atoms with E-state index in [1.165, 1.54) is 0 Å². The maximum atomic E-state index is 9.93. The zero-order valence-electron chi connectivity index (χ0n) is 5.75. The van der Waals surface area contributed by atoms with Crippen LogP contribution in [0.15, 0.2) is 0 Å². The second kappa shape index (κ2) is 6.77. The molecule has 0 aliphatic carbocycles. The van der Waals surface area contributed by atoms with Crippen molar-refractivity contribution in [3.05, 3.63) is 0 Å². The van der Waals surface area contributed by atoms with E-state index in [1.807, 2.05) is 0 Å². The second-order valence-electron chi connectivity index (χ2n) is 1.62. The van der Waals surface area contributed by atoms with Gasteiger partial charge in [-0.2, -0.15) is 0 Å². The Morgan fingerprint density at radius 2 is 1.91 bits per heavy atom. The van der Waals surface area contributed by atoms with Crippen molar-refractivity contribution in [2.75, 3.05) is 13.2 Å². The molecule has 1 unspecified atom stereocenters. The first-order chi connectivity index (χ1) is 4.45. The minimum Gasteiger partial charge on any atom is -0.394 e. The molecule has 8 heteroatoms. The van der Waals surface area contributed by atoms with E-state index in [2.05, 4.69) is 4.52 Å². The molecule has 0 bridgehead atoms.